The highest BCUT2D eigenvalue weighted by Gasteiger charge is 2.30. The third kappa shape index (κ3) is 2.08. The average molecular weight is 170 g/mol. The molecule has 0 amide bonds. The first kappa shape index (κ1) is 9.75. The van der Waals surface area contributed by atoms with Gasteiger partial charge in [0, 0.05) is 5.92 Å². The van der Waals surface area contributed by atoms with Crippen LogP contribution in [0, 0.1) is 11.8 Å². The molecule has 0 aromatic heterocycles. The highest BCUT2D eigenvalue weighted by atomic mass is 16.6. The van der Waals surface area contributed by atoms with Crippen LogP contribution in [-0.2, 0) is 4.74 Å². The van der Waals surface area contributed by atoms with E-state index in [0.29, 0.717) is 11.8 Å². The Kier molecular flexibility index (Phi) is 3.29. The lowest BCUT2D eigenvalue weighted by Gasteiger charge is -2.34. The number of rotatable bonds is 2. The molecule has 0 spiro atoms. The number of hydrogen-bond donors (Lipinski definition) is 1. The van der Waals surface area contributed by atoms with Gasteiger partial charge in [-0.05, 0) is 18.8 Å². The fraction of sp³-hybridized carbons (Fsp3) is 0.800. The van der Waals surface area contributed by atoms with Gasteiger partial charge >= 0.3 is 0 Å². The van der Waals surface area contributed by atoms with Gasteiger partial charge in [0.25, 0.3) is 0 Å². The normalized spacial score (nSPS) is 36.8. The van der Waals surface area contributed by atoms with Crippen LogP contribution in [0.15, 0.2) is 12.7 Å². The highest BCUT2D eigenvalue weighted by molar-refractivity contribution is 4.85. The van der Waals surface area contributed by atoms with Crippen molar-refractivity contribution in [2.75, 3.05) is 0 Å². The van der Waals surface area contributed by atoms with Crippen LogP contribution in [0.1, 0.15) is 26.7 Å². The lowest BCUT2D eigenvalue weighted by molar-refractivity contribution is -0.189. The Bertz CT molecular complexity index is 154. The van der Waals surface area contributed by atoms with E-state index >= 15 is 0 Å². The number of aliphatic hydroxyl groups is 1. The Balaban J connectivity index is 2.47. The van der Waals surface area contributed by atoms with Crippen molar-refractivity contribution in [1.29, 1.82) is 0 Å². The molecule has 0 aromatic carbocycles. The molecule has 70 valence electrons. The zero-order valence-electron chi connectivity index (χ0n) is 7.86. The van der Waals surface area contributed by atoms with Crippen LogP contribution in [0.4, 0.5) is 0 Å². The van der Waals surface area contributed by atoms with Gasteiger partial charge in [-0.1, -0.05) is 19.9 Å². The van der Waals surface area contributed by atoms with Crippen LogP contribution in [0.25, 0.3) is 0 Å². The Morgan fingerprint density at radius 1 is 1.50 bits per heavy atom. The van der Waals surface area contributed by atoms with E-state index in [1.54, 1.807) is 6.08 Å². The van der Waals surface area contributed by atoms with Gasteiger partial charge in [-0.25, -0.2) is 0 Å². The Morgan fingerprint density at radius 2 is 2.17 bits per heavy atom. The predicted molar refractivity (Wildman–Crippen MR) is 48.6 cm³/mol. The van der Waals surface area contributed by atoms with Gasteiger partial charge in [-0.15, -0.1) is 6.58 Å². The quantitative estimate of drug-likeness (QED) is 0.642. The first-order chi connectivity index (χ1) is 5.65. The fourth-order valence-electron chi connectivity index (χ4n) is 1.68. The summed E-state index contributed by atoms with van der Waals surface area (Å²) in [6.07, 6.45) is 3.25. The molecule has 0 aliphatic carbocycles. The van der Waals surface area contributed by atoms with E-state index in [9.17, 15) is 5.11 Å². The molecular weight excluding hydrogens is 152 g/mol. The topological polar surface area (TPSA) is 29.5 Å². The monoisotopic (exact) mass is 170 g/mol. The molecule has 1 saturated heterocycles. The maximum Gasteiger partial charge on any atom is 0.158 e. The third-order valence-corrected chi connectivity index (χ3v) is 2.58. The average Bonchev–Trinajstić information content (AvgIpc) is 2.03. The summed E-state index contributed by atoms with van der Waals surface area (Å²) in [7, 11) is 0. The molecule has 12 heavy (non-hydrogen) atoms. The van der Waals surface area contributed by atoms with E-state index in [0.717, 1.165) is 12.8 Å². The Labute approximate surface area is 74.2 Å². The molecule has 1 heterocycles. The summed E-state index contributed by atoms with van der Waals surface area (Å²) in [6.45, 7) is 7.89. The maximum absolute atomic E-state index is 9.57. The summed E-state index contributed by atoms with van der Waals surface area (Å²) in [5, 5.41) is 9.57. The van der Waals surface area contributed by atoms with Crippen molar-refractivity contribution in [2.45, 2.75) is 39.1 Å². The van der Waals surface area contributed by atoms with Gasteiger partial charge in [-0.2, -0.15) is 0 Å². The van der Waals surface area contributed by atoms with Gasteiger partial charge in [0.2, 0.25) is 0 Å². The van der Waals surface area contributed by atoms with Gasteiger partial charge in [0.1, 0.15) is 0 Å². The molecule has 2 nitrogen and oxygen atoms in total. The first-order valence-corrected chi connectivity index (χ1v) is 4.61. The molecule has 0 aromatic rings. The van der Waals surface area contributed by atoms with Crippen molar-refractivity contribution in [2.24, 2.45) is 11.8 Å². The lowest BCUT2D eigenvalue weighted by Crippen LogP contribution is -2.36. The third-order valence-electron chi connectivity index (χ3n) is 2.58. The zero-order valence-corrected chi connectivity index (χ0v) is 7.86. The van der Waals surface area contributed by atoms with E-state index in [1.807, 2.05) is 0 Å². The summed E-state index contributed by atoms with van der Waals surface area (Å²) in [5.41, 5.74) is 0. The lowest BCUT2D eigenvalue weighted by atomic mass is 9.87. The SMILES string of the molecule is C=CC1CCC(C(C)C)C(O)O1. The summed E-state index contributed by atoms with van der Waals surface area (Å²) >= 11 is 0. The Morgan fingerprint density at radius 3 is 2.58 bits per heavy atom. The maximum atomic E-state index is 9.57. The summed E-state index contributed by atoms with van der Waals surface area (Å²) < 4.78 is 5.35. The molecule has 3 unspecified atom stereocenters. The molecule has 2 heteroatoms. The largest absolute Gasteiger partial charge is 0.368 e. The zero-order chi connectivity index (χ0) is 9.14. The second kappa shape index (κ2) is 4.06. The van der Waals surface area contributed by atoms with Crippen LogP contribution in [0.3, 0.4) is 0 Å². The van der Waals surface area contributed by atoms with Crippen LogP contribution in [0.2, 0.25) is 0 Å². The smallest absolute Gasteiger partial charge is 0.158 e. The minimum Gasteiger partial charge on any atom is -0.368 e. The summed E-state index contributed by atoms with van der Waals surface area (Å²) in [6, 6.07) is 0. The number of ether oxygens (including phenoxy) is 1. The van der Waals surface area contributed by atoms with Crippen molar-refractivity contribution in [3.8, 4) is 0 Å². The summed E-state index contributed by atoms with van der Waals surface area (Å²) in [4.78, 5) is 0. The van der Waals surface area contributed by atoms with Crippen molar-refractivity contribution in [1.82, 2.24) is 0 Å². The highest BCUT2D eigenvalue weighted by Crippen LogP contribution is 2.29. The van der Waals surface area contributed by atoms with E-state index in [2.05, 4.69) is 20.4 Å². The number of aliphatic hydroxyl groups excluding tert-OH is 1. The van der Waals surface area contributed by atoms with Gasteiger partial charge in [0.15, 0.2) is 6.29 Å². The molecule has 1 rings (SSSR count). The molecule has 1 N–H and O–H groups in total. The van der Waals surface area contributed by atoms with Gasteiger partial charge in [0.05, 0.1) is 6.10 Å². The fourth-order valence-corrected chi connectivity index (χ4v) is 1.68. The minimum absolute atomic E-state index is 0.0509. The molecule has 1 fully saturated rings. The molecular formula is C10H18O2. The van der Waals surface area contributed by atoms with Crippen LogP contribution < -0.4 is 0 Å². The standard InChI is InChI=1S/C10H18O2/c1-4-8-5-6-9(7(2)3)10(11)12-8/h4,7-11H,1,5-6H2,2-3H3. The predicted octanol–water partition coefficient (Wildman–Crippen LogP) is 1.94. The van der Waals surface area contributed by atoms with Crippen molar-refractivity contribution >= 4 is 0 Å². The van der Waals surface area contributed by atoms with Crippen molar-refractivity contribution in [3.05, 3.63) is 12.7 Å². The second-order valence-electron chi connectivity index (χ2n) is 3.79. The first-order valence-electron chi connectivity index (χ1n) is 4.61. The van der Waals surface area contributed by atoms with E-state index in [4.69, 9.17) is 4.74 Å². The molecule has 1 aliphatic heterocycles. The van der Waals surface area contributed by atoms with E-state index in [-0.39, 0.29) is 6.10 Å². The summed E-state index contributed by atoms with van der Waals surface area (Å²) in [5.74, 6) is 0.784. The number of hydrogen-bond acceptors (Lipinski definition) is 2. The van der Waals surface area contributed by atoms with Crippen molar-refractivity contribution < 1.29 is 9.84 Å². The van der Waals surface area contributed by atoms with Crippen molar-refractivity contribution in [3.63, 3.8) is 0 Å². The van der Waals surface area contributed by atoms with Gasteiger partial charge in [-0.3, -0.25) is 0 Å². The van der Waals surface area contributed by atoms with Crippen LogP contribution in [0.5, 0.6) is 0 Å². The van der Waals surface area contributed by atoms with Gasteiger partial charge < -0.3 is 9.84 Å². The molecule has 0 radical (unpaired) electrons. The molecule has 1 aliphatic rings. The van der Waals surface area contributed by atoms with Crippen LogP contribution in [-0.4, -0.2) is 17.5 Å². The van der Waals surface area contributed by atoms with E-state index < -0.39 is 6.29 Å². The molecule has 0 saturated carbocycles. The molecule has 3 atom stereocenters. The van der Waals surface area contributed by atoms with E-state index in [1.165, 1.54) is 0 Å². The second-order valence-corrected chi connectivity index (χ2v) is 3.79. The Hall–Kier alpha value is -0.340. The molecule has 0 bridgehead atoms. The van der Waals surface area contributed by atoms with Crippen LogP contribution >= 0.6 is 0 Å². The minimum atomic E-state index is -0.596.